The van der Waals surface area contributed by atoms with Gasteiger partial charge in [0, 0.05) is 0 Å². The molecule has 0 saturated heterocycles. The first-order valence-electron chi connectivity index (χ1n) is 8.84. The highest BCUT2D eigenvalue weighted by atomic mass is 16.4. The first kappa shape index (κ1) is 24.0. The van der Waals surface area contributed by atoms with Gasteiger partial charge in [-0.25, -0.2) is 4.79 Å². The zero-order valence-corrected chi connectivity index (χ0v) is 15.9. The molecule has 4 unspecified atom stereocenters. The highest BCUT2D eigenvalue weighted by molar-refractivity contribution is 5.93. The van der Waals surface area contributed by atoms with Gasteiger partial charge in [0.25, 0.3) is 0 Å². The van der Waals surface area contributed by atoms with Gasteiger partial charge < -0.3 is 37.0 Å². The van der Waals surface area contributed by atoms with Crippen molar-refractivity contribution in [2.45, 2.75) is 37.6 Å². The molecule has 0 heterocycles. The molecule has 0 spiro atoms. The number of benzene rings is 1. The molecule has 1 aromatic carbocycles. The summed E-state index contributed by atoms with van der Waals surface area (Å²) >= 11 is 0. The molecule has 160 valence electrons. The Morgan fingerprint density at radius 1 is 1.07 bits per heavy atom. The maximum atomic E-state index is 12.3. The number of carboxylic acid groups (broad SMARTS) is 1. The van der Waals surface area contributed by atoms with Crippen LogP contribution in [0.15, 0.2) is 30.3 Å². The van der Waals surface area contributed by atoms with Gasteiger partial charge in [-0.05, 0) is 18.9 Å². The van der Waals surface area contributed by atoms with Gasteiger partial charge in [0.2, 0.25) is 17.7 Å². The van der Waals surface area contributed by atoms with Crippen LogP contribution in [0.1, 0.15) is 12.5 Å². The SMILES string of the molecule is CC(O)C(NC(=O)C(N)Cc1ccccc1)C(=O)NCC(=O)NC(CO)C(=O)O. The molecule has 0 fully saturated rings. The third-order valence-corrected chi connectivity index (χ3v) is 3.94. The van der Waals surface area contributed by atoms with E-state index in [1.807, 2.05) is 11.4 Å². The summed E-state index contributed by atoms with van der Waals surface area (Å²) in [4.78, 5) is 46.9. The van der Waals surface area contributed by atoms with E-state index >= 15 is 0 Å². The fraction of sp³-hybridized carbons (Fsp3) is 0.444. The Balaban J connectivity index is 2.60. The Kier molecular flexibility index (Phi) is 9.72. The second-order valence-corrected chi connectivity index (χ2v) is 6.38. The summed E-state index contributed by atoms with van der Waals surface area (Å²) < 4.78 is 0. The van der Waals surface area contributed by atoms with Crippen LogP contribution in [0.5, 0.6) is 0 Å². The Hall–Kier alpha value is -3.02. The zero-order chi connectivity index (χ0) is 22.0. The van der Waals surface area contributed by atoms with Gasteiger partial charge in [0.1, 0.15) is 12.1 Å². The highest BCUT2D eigenvalue weighted by Crippen LogP contribution is 2.03. The van der Waals surface area contributed by atoms with E-state index in [-0.39, 0.29) is 6.42 Å². The third-order valence-electron chi connectivity index (χ3n) is 3.94. The number of rotatable bonds is 11. The van der Waals surface area contributed by atoms with Gasteiger partial charge in [0.05, 0.1) is 25.3 Å². The van der Waals surface area contributed by atoms with Crippen LogP contribution < -0.4 is 21.7 Å². The van der Waals surface area contributed by atoms with Gasteiger partial charge in [-0.2, -0.15) is 0 Å². The molecule has 1 aromatic rings. The van der Waals surface area contributed by atoms with E-state index in [1.54, 1.807) is 24.3 Å². The summed E-state index contributed by atoms with van der Waals surface area (Å²) in [7, 11) is 0. The van der Waals surface area contributed by atoms with Crippen LogP contribution in [0.4, 0.5) is 0 Å². The smallest absolute Gasteiger partial charge is 0.328 e. The van der Waals surface area contributed by atoms with Crippen LogP contribution in [0.2, 0.25) is 0 Å². The van der Waals surface area contributed by atoms with Crippen molar-refractivity contribution in [3.8, 4) is 0 Å². The normalized spacial score (nSPS) is 14.8. The Morgan fingerprint density at radius 3 is 2.21 bits per heavy atom. The molecule has 0 aliphatic heterocycles. The van der Waals surface area contributed by atoms with Crippen LogP contribution >= 0.6 is 0 Å². The van der Waals surface area contributed by atoms with Crippen molar-refractivity contribution in [3.05, 3.63) is 35.9 Å². The molecule has 29 heavy (non-hydrogen) atoms. The van der Waals surface area contributed by atoms with Crippen molar-refractivity contribution in [1.82, 2.24) is 16.0 Å². The molecule has 11 nitrogen and oxygen atoms in total. The van der Waals surface area contributed by atoms with E-state index in [2.05, 4.69) is 10.6 Å². The van der Waals surface area contributed by atoms with E-state index < -0.39 is 61.1 Å². The number of aliphatic carboxylic acids is 1. The van der Waals surface area contributed by atoms with Gasteiger partial charge >= 0.3 is 5.97 Å². The topological polar surface area (TPSA) is 191 Å². The molecule has 1 rings (SSSR count). The van der Waals surface area contributed by atoms with Crippen molar-refractivity contribution in [2.75, 3.05) is 13.2 Å². The van der Waals surface area contributed by atoms with Crippen LogP contribution in [-0.4, -0.2) is 76.4 Å². The van der Waals surface area contributed by atoms with Crippen molar-refractivity contribution in [3.63, 3.8) is 0 Å². The minimum absolute atomic E-state index is 0.223. The van der Waals surface area contributed by atoms with E-state index in [0.29, 0.717) is 0 Å². The van der Waals surface area contributed by atoms with Crippen molar-refractivity contribution < 1.29 is 34.5 Å². The molecule has 0 aliphatic rings. The summed E-state index contributed by atoms with van der Waals surface area (Å²) in [6.45, 7) is -0.155. The Labute approximate surface area is 167 Å². The van der Waals surface area contributed by atoms with Crippen molar-refractivity contribution in [2.24, 2.45) is 5.73 Å². The molecule has 0 radical (unpaired) electrons. The fourth-order valence-corrected chi connectivity index (χ4v) is 2.33. The molecule has 0 saturated carbocycles. The molecule has 0 aliphatic carbocycles. The third kappa shape index (κ3) is 8.25. The largest absolute Gasteiger partial charge is 0.480 e. The molecule has 4 atom stereocenters. The molecule has 11 heteroatoms. The van der Waals surface area contributed by atoms with E-state index in [4.69, 9.17) is 15.9 Å². The summed E-state index contributed by atoms with van der Waals surface area (Å²) in [6.07, 6.45) is -1.06. The number of hydrogen-bond acceptors (Lipinski definition) is 7. The monoisotopic (exact) mass is 410 g/mol. The molecule has 0 aromatic heterocycles. The van der Waals surface area contributed by atoms with Crippen molar-refractivity contribution in [1.29, 1.82) is 0 Å². The lowest BCUT2D eigenvalue weighted by Gasteiger charge is -2.23. The summed E-state index contributed by atoms with van der Waals surface area (Å²) in [5, 5.41) is 34.0. The Bertz CT molecular complexity index is 711. The second-order valence-electron chi connectivity index (χ2n) is 6.38. The first-order valence-corrected chi connectivity index (χ1v) is 8.84. The minimum Gasteiger partial charge on any atom is -0.480 e. The van der Waals surface area contributed by atoms with Crippen LogP contribution in [-0.2, 0) is 25.6 Å². The quantitative estimate of drug-likeness (QED) is 0.202. The molecule has 0 bridgehead atoms. The maximum absolute atomic E-state index is 12.3. The lowest BCUT2D eigenvalue weighted by atomic mass is 10.0. The Morgan fingerprint density at radius 2 is 1.69 bits per heavy atom. The van der Waals surface area contributed by atoms with E-state index in [1.165, 1.54) is 6.92 Å². The fourth-order valence-electron chi connectivity index (χ4n) is 2.33. The van der Waals surface area contributed by atoms with Gasteiger partial charge in [-0.1, -0.05) is 30.3 Å². The van der Waals surface area contributed by atoms with Crippen LogP contribution in [0, 0.1) is 0 Å². The predicted molar refractivity (Wildman–Crippen MR) is 101 cm³/mol. The minimum atomic E-state index is -1.51. The maximum Gasteiger partial charge on any atom is 0.328 e. The standard InChI is InChI=1S/C18H26N4O7/c1-10(24)15(17(27)20-8-14(25)21-13(9-23)18(28)29)22-16(26)12(19)7-11-5-3-2-4-6-11/h2-6,10,12-13,15,23-24H,7-9,19H2,1H3,(H,20,27)(H,21,25)(H,22,26)(H,28,29). The molecule has 3 amide bonds. The average Bonchev–Trinajstić information content (AvgIpc) is 2.68. The van der Waals surface area contributed by atoms with Gasteiger partial charge in [-0.15, -0.1) is 0 Å². The zero-order valence-electron chi connectivity index (χ0n) is 15.9. The summed E-state index contributed by atoms with van der Waals surface area (Å²) in [5.41, 5.74) is 6.67. The number of nitrogens with one attached hydrogen (secondary N) is 3. The van der Waals surface area contributed by atoms with Crippen LogP contribution in [0.3, 0.4) is 0 Å². The molecular weight excluding hydrogens is 384 g/mol. The lowest BCUT2D eigenvalue weighted by Crippen LogP contribution is -2.57. The average molecular weight is 410 g/mol. The van der Waals surface area contributed by atoms with Gasteiger partial charge in [-0.3, -0.25) is 14.4 Å². The number of carbonyl (C=O) groups is 4. The number of amides is 3. The number of carbonyl (C=O) groups excluding carboxylic acids is 3. The lowest BCUT2D eigenvalue weighted by molar-refractivity contribution is -0.142. The second kappa shape index (κ2) is 11.7. The number of aliphatic hydroxyl groups excluding tert-OH is 2. The first-order chi connectivity index (χ1) is 13.6. The summed E-state index contributed by atoms with van der Waals surface area (Å²) in [6, 6.07) is 5.15. The van der Waals surface area contributed by atoms with E-state index in [0.717, 1.165) is 5.56 Å². The molecular formula is C18H26N4O7. The number of carboxylic acids is 1. The van der Waals surface area contributed by atoms with E-state index in [9.17, 15) is 24.3 Å². The predicted octanol–water partition coefficient (Wildman–Crippen LogP) is -2.90. The number of aliphatic hydroxyl groups is 2. The highest BCUT2D eigenvalue weighted by Gasteiger charge is 2.28. The molecule has 8 N–H and O–H groups in total. The van der Waals surface area contributed by atoms with Crippen LogP contribution in [0.25, 0.3) is 0 Å². The summed E-state index contributed by atoms with van der Waals surface area (Å²) in [5.74, 6) is -3.82. The van der Waals surface area contributed by atoms with Gasteiger partial charge in [0.15, 0.2) is 0 Å². The van der Waals surface area contributed by atoms with Crippen molar-refractivity contribution >= 4 is 23.7 Å². The number of hydrogen-bond donors (Lipinski definition) is 7. The number of nitrogens with two attached hydrogens (primary N) is 1.